The highest BCUT2D eigenvalue weighted by atomic mass is 16.5. The predicted octanol–water partition coefficient (Wildman–Crippen LogP) is 1.83. The summed E-state index contributed by atoms with van der Waals surface area (Å²) in [5.74, 6) is 0.661. The maximum Gasteiger partial charge on any atom is 0.213 e. The number of hydrogen-bond acceptors (Lipinski definition) is 4. The van der Waals surface area contributed by atoms with Crippen molar-refractivity contribution in [2.75, 3.05) is 20.2 Å². The summed E-state index contributed by atoms with van der Waals surface area (Å²) in [7, 11) is 1.63. The monoisotopic (exact) mass is 250 g/mol. The maximum absolute atomic E-state index is 10.1. The number of hydrogen-bond donors (Lipinski definition) is 1. The van der Waals surface area contributed by atoms with E-state index < -0.39 is 5.60 Å². The van der Waals surface area contributed by atoms with Crippen LogP contribution < -0.4 is 4.74 Å². The van der Waals surface area contributed by atoms with Crippen molar-refractivity contribution >= 4 is 0 Å². The fraction of sp³-hybridized carbons (Fsp3) is 0.643. The number of aromatic nitrogens is 1. The van der Waals surface area contributed by atoms with Gasteiger partial charge in [0.25, 0.3) is 0 Å². The summed E-state index contributed by atoms with van der Waals surface area (Å²) in [5.41, 5.74) is 0.521. The molecule has 0 aliphatic carbocycles. The molecule has 0 spiro atoms. The van der Waals surface area contributed by atoms with Crippen LogP contribution in [0, 0.1) is 0 Å². The average molecular weight is 250 g/mol. The standard InChI is InChI=1S/C14H22N2O2/c1-14(17)7-4-9-16(10-8-14)11-12-5-3-6-13(15-12)18-2/h3,5-6,17H,4,7-11H2,1-2H3. The van der Waals surface area contributed by atoms with Gasteiger partial charge in [-0.3, -0.25) is 4.90 Å². The predicted molar refractivity (Wildman–Crippen MR) is 70.5 cm³/mol. The van der Waals surface area contributed by atoms with E-state index in [-0.39, 0.29) is 0 Å². The van der Waals surface area contributed by atoms with Crippen molar-refractivity contribution in [2.45, 2.75) is 38.3 Å². The first kappa shape index (κ1) is 13.3. The van der Waals surface area contributed by atoms with Crippen molar-refractivity contribution in [3.05, 3.63) is 23.9 Å². The van der Waals surface area contributed by atoms with Crippen molar-refractivity contribution in [3.63, 3.8) is 0 Å². The lowest BCUT2D eigenvalue weighted by atomic mass is 9.98. The van der Waals surface area contributed by atoms with Crippen LogP contribution in [0.3, 0.4) is 0 Å². The maximum atomic E-state index is 10.1. The molecular formula is C14H22N2O2. The third-order valence-corrected chi connectivity index (χ3v) is 3.53. The molecule has 1 aromatic rings. The van der Waals surface area contributed by atoms with Gasteiger partial charge >= 0.3 is 0 Å². The molecule has 4 heteroatoms. The first-order valence-corrected chi connectivity index (χ1v) is 6.54. The molecule has 0 saturated carbocycles. The van der Waals surface area contributed by atoms with E-state index in [1.54, 1.807) is 7.11 Å². The SMILES string of the molecule is COc1cccc(CN2CCCC(C)(O)CC2)n1. The molecule has 1 unspecified atom stereocenters. The Morgan fingerprint density at radius 1 is 1.39 bits per heavy atom. The highest BCUT2D eigenvalue weighted by molar-refractivity contribution is 5.15. The molecule has 100 valence electrons. The number of ether oxygens (including phenoxy) is 1. The van der Waals surface area contributed by atoms with Gasteiger partial charge in [0, 0.05) is 19.2 Å². The van der Waals surface area contributed by atoms with Crippen molar-refractivity contribution < 1.29 is 9.84 Å². The Hall–Kier alpha value is -1.13. The van der Waals surface area contributed by atoms with Gasteiger partial charge in [-0.15, -0.1) is 0 Å². The normalized spacial score (nSPS) is 25.7. The smallest absolute Gasteiger partial charge is 0.213 e. The van der Waals surface area contributed by atoms with Crippen LogP contribution in [0.4, 0.5) is 0 Å². The second-order valence-corrected chi connectivity index (χ2v) is 5.30. The van der Waals surface area contributed by atoms with Gasteiger partial charge in [0.05, 0.1) is 18.4 Å². The highest BCUT2D eigenvalue weighted by Gasteiger charge is 2.24. The summed E-state index contributed by atoms with van der Waals surface area (Å²) in [6, 6.07) is 5.84. The van der Waals surface area contributed by atoms with Crippen molar-refractivity contribution in [1.29, 1.82) is 0 Å². The lowest BCUT2D eigenvalue weighted by molar-refractivity contribution is 0.0444. The summed E-state index contributed by atoms with van der Waals surface area (Å²) in [5, 5.41) is 10.1. The Bertz CT molecular complexity index is 393. The molecule has 1 aliphatic rings. The zero-order valence-electron chi connectivity index (χ0n) is 11.2. The summed E-state index contributed by atoms with van der Waals surface area (Å²) in [6.07, 6.45) is 2.75. The summed E-state index contributed by atoms with van der Waals surface area (Å²) >= 11 is 0. The van der Waals surface area contributed by atoms with Crippen molar-refractivity contribution in [3.8, 4) is 5.88 Å². The zero-order chi connectivity index (χ0) is 13.0. The van der Waals surface area contributed by atoms with E-state index in [0.29, 0.717) is 5.88 Å². The third-order valence-electron chi connectivity index (χ3n) is 3.53. The number of pyridine rings is 1. The van der Waals surface area contributed by atoms with Gasteiger partial charge in [0.15, 0.2) is 0 Å². The first-order valence-electron chi connectivity index (χ1n) is 6.54. The second-order valence-electron chi connectivity index (χ2n) is 5.30. The van der Waals surface area contributed by atoms with Gasteiger partial charge in [-0.05, 0) is 38.8 Å². The molecule has 0 bridgehead atoms. The van der Waals surface area contributed by atoms with Crippen LogP contribution in [-0.2, 0) is 6.54 Å². The minimum absolute atomic E-state index is 0.503. The molecule has 0 amide bonds. The van der Waals surface area contributed by atoms with Gasteiger partial charge in [0.2, 0.25) is 5.88 Å². The van der Waals surface area contributed by atoms with E-state index in [9.17, 15) is 5.11 Å². The lowest BCUT2D eigenvalue weighted by Gasteiger charge is -2.22. The molecule has 1 aliphatic heterocycles. The minimum atomic E-state index is -0.503. The number of methoxy groups -OCH3 is 1. The molecule has 1 saturated heterocycles. The van der Waals surface area contributed by atoms with E-state index >= 15 is 0 Å². The summed E-state index contributed by atoms with van der Waals surface area (Å²) < 4.78 is 5.13. The van der Waals surface area contributed by atoms with Gasteiger partial charge in [-0.2, -0.15) is 0 Å². The van der Waals surface area contributed by atoms with Crippen LogP contribution in [0.15, 0.2) is 18.2 Å². The highest BCUT2D eigenvalue weighted by Crippen LogP contribution is 2.22. The summed E-state index contributed by atoms with van der Waals surface area (Å²) in [6.45, 7) is 4.70. The molecule has 1 atom stereocenters. The second kappa shape index (κ2) is 5.67. The van der Waals surface area contributed by atoms with Crippen LogP contribution in [0.25, 0.3) is 0 Å². The van der Waals surface area contributed by atoms with Gasteiger partial charge < -0.3 is 9.84 Å². The number of rotatable bonds is 3. The van der Waals surface area contributed by atoms with Crippen LogP contribution in [0.2, 0.25) is 0 Å². The molecule has 1 aromatic heterocycles. The zero-order valence-corrected chi connectivity index (χ0v) is 11.2. The minimum Gasteiger partial charge on any atom is -0.481 e. The Balaban J connectivity index is 1.96. The Morgan fingerprint density at radius 3 is 3.00 bits per heavy atom. The summed E-state index contributed by atoms with van der Waals surface area (Å²) in [4.78, 5) is 6.78. The van der Waals surface area contributed by atoms with Gasteiger partial charge in [0.1, 0.15) is 0 Å². The molecule has 4 nitrogen and oxygen atoms in total. The quantitative estimate of drug-likeness (QED) is 0.889. The average Bonchev–Trinajstić information content (AvgIpc) is 2.51. The molecule has 2 rings (SSSR count). The molecule has 2 heterocycles. The Morgan fingerprint density at radius 2 is 2.22 bits per heavy atom. The lowest BCUT2D eigenvalue weighted by Crippen LogP contribution is -2.28. The molecule has 1 N–H and O–H groups in total. The van der Waals surface area contributed by atoms with E-state index in [1.165, 1.54) is 0 Å². The topological polar surface area (TPSA) is 45.6 Å². The largest absolute Gasteiger partial charge is 0.481 e. The van der Waals surface area contributed by atoms with Gasteiger partial charge in [-0.1, -0.05) is 6.07 Å². The molecule has 0 radical (unpaired) electrons. The Kier molecular flexibility index (Phi) is 4.19. The number of nitrogens with zero attached hydrogens (tertiary/aromatic N) is 2. The van der Waals surface area contributed by atoms with Crippen LogP contribution in [-0.4, -0.2) is 40.8 Å². The van der Waals surface area contributed by atoms with Crippen LogP contribution in [0.5, 0.6) is 5.88 Å². The van der Waals surface area contributed by atoms with E-state index in [1.807, 2.05) is 25.1 Å². The number of likely N-dealkylation sites (tertiary alicyclic amines) is 1. The molecular weight excluding hydrogens is 228 g/mol. The number of aliphatic hydroxyl groups is 1. The molecule has 1 fully saturated rings. The molecule has 0 aromatic carbocycles. The van der Waals surface area contributed by atoms with Gasteiger partial charge in [-0.25, -0.2) is 4.98 Å². The van der Waals surface area contributed by atoms with E-state index in [4.69, 9.17) is 4.74 Å². The fourth-order valence-corrected chi connectivity index (χ4v) is 2.37. The Labute approximate surface area is 109 Å². The van der Waals surface area contributed by atoms with Crippen LogP contribution in [0.1, 0.15) is 31.9 Å². The third kappa shape index (κ3) is 3.68. The van der Waals surface area contributed by atoms with E-state index in [0.717, 1.165) is 44.6 Å². The van der Waals surface area contributed by atoms with Crippen molar-refractivity contribution in [2.24, 2.45) is 0 Å². The first-order chi connectivity index (χ1) is 8.59. The fourth-order valence-electron chi connectivity index (χ4n) is 2.37. The van der Waals surface area contributed by atoms with Crippen molar-refractivity contribution in [1.82, 2.24) is 9.88 Å². The van der Waals surface area contributed by atoms with Crippen LogP contribution >= 0.6 is 0 Å². The van der Waals surface area contributed by atoms with E-state index in [2.05, 4.69) is 9.88 Å². The molecule has 18 heavy (non-hydrogen) atoms.